The Labute approximate surface area is 116 Å². The molecule has 6 nitrogen and oxygen atoms in total. The fourth-order valence-electron chi connectivity index (χ4n) is 1.83. The van der Waals surface area contributed by atoms with Crippen LogP contribution in [0.1, 0.15) is 10.5 Å². The topological polar surface area (TPSA) is 75.8 Å². The van der Waals surface area contributed by atoms with Crippen LogP contribution in [0.3, 0.4) is 0 Å². The molecule has 3 aromatic heterocycles. The zero-order valence-corrected chi connectivity index (χ0v) is 11.5. The van der Waals surface area contributed by atoms with Gasteiger partial charge in [0.2, 0.25) is 0 Å². The molecule has 3 rings (SSSR count). The Kier molecular flexibility index (Phi) is 3.12. The van der Waals surface area contributed by atoms with Crippen molar-refractivity contribution in [2.24, 2.45) is 0 Å². The lowest BCUT2D eigenvalue weighted by atomic mass is 10.4. The normalized spacial score (nSPS) is 11.0. The summed E-state index contributed by atoms with van der Waals surface area (Å²) in [6.45, 7) is 1.16. The Morgan fingerprint density at radius 2 is 2.42 bits per heavy atom. The molecule has 3 heterocycles. The third-order valence-corrected chi connectivity index (χ3v) is 3.10. The molecule has 0 unspecified atom stereocenters. The maximum atomic E-state index is 11.9. The molecule has 0 bridgehead atoms. The first-order chi connectivity index (χ1) is 9.22. The number of amides is 1. The van der Waals surface area contributed by atoms with Crippen molar-refractivity contribution < 1.29 is 9.21 Å². The Morgan fingerprint density at radius 1 is 1.53 bits per heavy atom. The first kappa shape index (κ1) is 12.0. The van der Waals surface area contributed by atoms with Gasteiger partial charge in [-0.3, -0.25) is 9.48 Å². The van der Waals surface area contributed by atoms with Gasteiger partial charge in [-0.1, -0.05) is 0 Å². The molecule has 0 spiro atoms. The van der Waals surface area contributed by atoms with Gasteiger partial charge in [0.25, 0.3) is 5.91 Å². The van der Waals surface area contributed by atoms with E-state index in [-0.39, 0.29) is 5.91 Å². The first-order valence-electron chi connectivity index (χ1n) is 5.76. The van der Waals surface area contributed by atoms with Crippen molar-refractivity contribution in [1.29, 1.82) is 0 Å². The average Bonchev–Trinajstić information content (AvgIpc) is 3.04. The number of hydrogen-bond donors (Lipinski definition) is 2. The molecule has 0 aromatic carbocycles. The molecule has 0 aliphatic rings. The number of aromatic nitrogens is 3. The highest BCUT2D eigenvalue weighted by Crippen LogP contribution is 2.23. The molecule has 2 N–H and O–H groups in total. The number of H-pyrrole nitrogens is 1. The third kappa shape index (κ3) is 2.55. The average molecular weight is 323 g/mol. The van der Waals surface area contributed by atoms with Crippen LogP contribution in [-0.2, 0) is 6.54 Å². The minimum atomic E-state index is -0.158. The van der Waals surface area contributed by atoms with Crippen molar-refractivity contribution in [3.63, 3.8) is 0 Å². The number of nitrogens with zero attached hydrogens (tertiary/aromatic N) is 2. The van der Waals surface area contributed by atoms with Crippen molar-refractivity contribution in [3.8, 4) is 0 Å². The summed E-state index contributed by atoms with van der Waals surface area (Å²) >= 11 is 3.23. The standard InChI is InChI=1S/C12H11BrN4O2/c13-11-7-8-10(19-11)6-9(16-8)12(18)14-3-5-17-4-1-2-15-17/h1-2,4,6-7,16H,3,5H2,(H,14,18). The van der Waals surface area contributed by atoms with Gasteiger partial charge >= 0.3 is 0 Å². The summed E-state index contributed by atoms with van der Waals surface area (Å²) in [6, 6.07) is 5.32. The van der Waals surface area contributed by atoms with E-state index in [1.54, 1.807) is 23.0 Å². The molecule has 0 radical (unpaired) electrons. The number of fused-ring (bicyclic) bond motifs is 1. The second-order valence-corrected chi connectivity index (χ2v) is 4.82. The summed E-state index contributed by atoms with van der Waals surface area (Å²) in [5, 5.41) is 6.88. The van der Waals surface area contributed by atoms with Gasteiger partial charge in [0.05, 0.1) is 12.1 Å². The lowest BCUT2D eigenvalue weighted by molar-refractivity contribution is 0.0947. The number of halogens is 1. The van der Waals surface area contributed by atoms with E-state index in [0.29, 0.717) is 29.0 Å². The summed E-state index contributed by atoms with van der Waals surface area (Å²) < 4.78 is 7.75. The minimum Gasteiger partial charge on any atom is -0.448 e. The Bertz CT molecular complexity index is 667. The van der Waals surface area contributed by atoms with Crippen LogP contribution in [0, 0.1) is 0 Å². The zero-order chi connectivity index (χ0) is 13.2. The monoisotopic (exact) mass is 322 g/mol. The Hall–Kier alpha value is -2.02. The summed E-state index contributed by atoms with van der Waals surface area (Å²) in [5.41, 5.74) is 1.94. The van der Waals surface area contributed by atoms with Crippen molar-refractivity contribution in [2.45, 2.75) is 6.54 Å². The van der Waals surface area contributed by atoms with E-state index in [0.717, 1.165) is 5.52 Å². The third-order valence-electron chi connectivity index (χ3n) is 2.71. The molecular formula is C12H11BrN4O2. The van der Waals surface area contributed by atoms with Gasteiger partial charge < -0.3 is 14.7 Å². The fraction of sp³-hybridized carbons (Fsp3) is 0.167. The quantitative estimate of drug-likeness (QED) is 0.772. The van der Waals surface area contributed by atoms with Gasteiger partial charge in [-0.25, -0.2) is 0 Å². The number of aromatic amines is 1. The van der Waals surface area contributed by atoms with Crippen LogP contribution in [0.25, 0.3) is 11.1 Å². The predicted octanol–water partition coefficient (Wildman–Crippen LogP) is 2.15. The van der Waals surface area contributed by atoms with E-state index in [2.05, 4.69) is 31.3 Å². The van der Waals surface area contributed by atoms with E-state index in [1.165, 1.54) is 0 Å². The largest absolute Gasteiger partial charge is 0.448 e. The van der Waals surface area contributed by atoms with E-state index in [1.807, 2.05) is 12.3 Å². The Morgan fingerprint density at radius 3 is 3.16 bits per heavy atom. The van der Waals surface area contributed by atoms with Gasteiger partial charge in [0.15, 0.2) is 10.3 Å². The highest BCUT2D eigenvalue weighted by Gasteiger charge is 2.11. The first-order valence-corrected chi connectivity index (χ1v) is 6.55. The van der Waals surface area contributed by atoms with Crippen LogP contribution < -0.4 is 5.32 Å². The molecule has 0 saturated carbocycles. The van der Waals surface area contributed by atoms with Crippen LogP contribution in [0.5, 0.6) is 0 Å². The van der Waals surface area contributed by atoms with Crippen LogP contribution >= 0.6 is 15.9 Å². The van der Waals surface area contributed by atoms with Gasteiger partial charge in [0, 0.05) is 31.1 Å². The Balaban J connectivity index is 1.61. The van der Waals surface area contributed by atoms with Gasteiger partial charge in [-0.15, -0.1) is 0 Å². The summed E-state index contributed by atoms with van der Waals surface area (Å²) in [6.07, 6.45) is 3.56. The lowest BCUT2D eigenvalue weighted by Gasteiger charge is -2.03. The molecule has 3 aromatic rings. The highest BCUT2D eigenvalue weighted by atomic mass is 79.9. The van der Waals surface area contributed by atoms with Crippen molar-refractivity contribution in [3.05, 3.63) is 41.0 Å². The molecule has 1 amide bonds. The second-order valence-electron chi connectivity index (χ2n) is 4.04. The molecule has 0 aliphatic heterocycles. The smallest absolute Gasteiger partial charge is 0.267 e. The number of carbonyl (C=O) groups is 1. The van der Waals surface area contributed by atoms with E-state index >= 15 is 0 Å². The summed E-state index contributed by atoms with van der Waals surface area (Å²) in [5.74, 6) is -0.158. The predicted molar refractivity (Wildman–Crippen MR) is 72.8 cm³/mol. The van der Waals surface area contributed by atoms with Gasteiger partial charge in [0.1, 0.15) is 5.69 Å². The molecule has 19 heavy (non-hydrogen) atoms. The number of furan rings is 1. The van der Waals surface area contributed by atoms with Crippen molar-refractivity contribution >= 4 is 32.9 Å². The number of carbonyl (C=O) groups excluding carboxylic acids is 1. The zero-order valence-electron chi connectivity index (χ0n) is 9.89. The van der Waals surface area contributed by atoms with Crippen LogP contribution in [0.15, 0.2) is 39.7 Å². The fourth-order valence-corrected chi connectivity index (χ4v) is 2.23. The number of rotatable bonds is 4. The lowest BCUT2D eigenvalue weighted by Crippen LogP contribution is -2.27. The maximum Gasteiger partial charge on any atom is 0.267 e. The van der Waals surface area contributed by atoms with Crippen molar-refractivity contribution in [2.75, 3.05) is 6.54 Å². The van der Waals surface area contributed by atoms with Gasteiger partial charge in [-0.2, -0.15) is 5.10 Å². The molecular weight excluding hydrogens is 312 g/mol. The summed E-state index contributed by atoms with van der Waals surface area (Å²) in [4.78, 5) is 14.9. The molecule has 7 heteroatoms. The molecule has 0 fully saturated rings. The molecule has 0 aliphatic carbocycles. The highest BCUT2D eigenvalue weighted by molar-refractivity contribution is 9.10. The maximum absolute atomic E-state index is 11.9. The second kappa shape index (κ2) is 4.93. The van der Waals surface area contributed by atoms with E-state index < -0.39 is 0 Å². The molecule has 0 saturated heterocycles. The number of nitrogens with one attached hydrogen (secondary N) is 2. The van der Waals surface area contributed by atoms with Crippen LogP contribution in [-0.4, -0.2) is 27.2 Å². The summed E-state index contributed by atoms with van der Waals surface area (Å²) in [7, 11) is 0. The number of hydrogen-bond acceptors (Lipinski definition) is 3. The van der Waals surface area contributed by atoms with Crippen molar-refractivity contribution in [1.82, 2.24) is 20.1 Å². The van der Waals surface area contributed by atoms with E-state index in [4.69, 9.17) is 4.42 Å². The minimum absolute atomic E-state index is 0.158. The van der Waals surface area contributed by atoms with Gasteiger partial charge in [-0.05, 0) is 22.0 Å². The molecule has 98 valence electrons. The molecule has 0 atom stereocenters. The van der Waals surface area contributed by atoms with Crippen LogP contribution in [0.4, 0.5) is 0 Å². The SMILES string of the molecule is O=C(NCCn1cccn1)c1cc2oc(Br)cc2[nH]1. The van der Waals surface area contributed by atoms with Crippen LogP contribution in [0.2, 0.25) is 0 Å². The van der Waals surface area contributed by atoms with E-state index in [9.17, 15) is 4.79 Å².